The second-order valence-electron chi connectivity index (χ2n) is 2.42. The van der Waals surface area contributed by atoms with Gasteiger partial charge in [-0.25, -0.2) is 4.52 Å². The molecule has 0 aliphatic heterocycles. The molecular weight excluding hydrogens is 138 g/mol. The highest BCUT2D eigenvalue weighted by Gasteiger charge is 2.00. The molecule has 0 radical (unpaired) electrons. The van der Waals surface area contributed by atoms with Crippen LogP contribution in [0, 0.1) is 0 Å². The maximum Gasteiger partial charge on any atom is 0.0902 e. The van der Waals surface area contributed by atoms with E-state index in [4.69, 9.17) is 0 Å². The van der Waals surface area contributed by atoms with Crippen molar-refractivity contribution in [1.29, 1.82) is 0 Å². The highest BCUT2D eigenvalue weighted by molar-refractivity contribution is 5.49. The van der Waals surface area contributed by atoms with E-state index in [0.717, 1.165) is 17.6 Å². The van der Waals surface area contributed by atoms with Crippen LogP contribution in [-0.4, -0.2) is 14.8 Å². The molecule has 2 heterocycles. The summed E-state index contributed by atoms with van der Waals surface area (Å²) >= 11 is 0. The Balaban J connectivity index is 2.76. The van der Waals surface area contributed by atoms with Gasteiger partial charge in [0.05, 0.1) is 11.2 Å². The van der Waals surface area contributed by atoms with Crippen molar-refractivity contribution in [3.8, 4) is 0 Å². The topological polar surface area (TPSA) is 30.2 Å². The SMILES string of the molecule is CCc1nnn2ccccc12. The quantitative estimate of drug-likeness (QED) is 0.608. The largest absolute Gasteiger partial charge is 0.220 e. The zero-order valence-corrected chi connectivity index (χ0v) is 6.36. The molecule has 0 aliphatic rings. The molecule has 3 nitrogen and oxygen atoms in total. The van der Waals surface area contributed by atoms with Crippen LogP contribution in [0.3, 0.4) is 0 Å². The zero-order valence-electron chi connectivity index (χ0n) is 6.36. The summed E-state index contributed by atoms with van der Waals surface area (Å²) in [6.45, 7) is 2.08. The molecule has 2 aromatic heterocycles. The maximum atomic E-state index is 4.03. The monoisotopic (exact) mass is 147 g/mol. The molecule has 3 heteroatoms. The molecule has 0 bridgehead atoms. The molecule has 0 fully saturated rings. The Labute approximate surface area is 64.7 Å². The Kier molecular flexibility index (Phi) is 1.35. The molecule has 0 saturated heterocycles. The molecule has 0 spiro atoms. The van der Waals surface area contributed by atoms with E-state index in [9.17, 15) is 0 Å². The molecule has 0 saturated carbocycles. The van der Waals surface area contributed by atoms with E-state index in [-0.39, 0.29) is 0 Å². The first-order valence-corrected chi connectivity index (χ1v) is 3.70. The molecule has 0 amide bonds. The van der Waals surface area contributed by atoms with Crippen molar-refractivity contribution in [1.82, 2.24) is 14.8 Å². The first-order chi connectivity index (χ1) is 5.42. The number of hydrogen-bond acceptors (Lipinski definition) is 2. The number of aryl methyl sites for hydroxylation is 1. The molecular formula is C8H9N3. The molecule has 0 atom stereocenters. The summed E-state index contributed by atoms with van der Waals surface area (Å²) in [5.41, 5.74) is 2.17. The van der Waals surface area contributed by atoms with Crippen molar-refractivity contribution in [2.45, 2.75) is 13.3 Å². The van der Waals surface area contributed by atoms with Crippen molar-refractivity contribution in [3.63, 3.8) is 0 Å². The molecule has 2 rings (SSSR count). The van der Waals surface area contributed by atoms with Crippen molar-refractivity contribution in [3.05, 3.63) is 30.1 Å². The highest BCUT2D eigenvalue weighted by atomic mass is 15.4. The van der Waals surface area contributed by atoms with Crippen LogP contribution < -0.4 is 0 Å². The average Bonchev–Trinajstić information content (AvgIpc) is 2.47. The molecule has 11 heavy (non-hydrogen) atoms. The van der Waals surface area contributed by atoms with Gasteiger partial charge in [-0.3, -0.25) is 0 Å². The number of hydrogen-bond donors (Lipinski definition) is 0. The highest BCUT2D eigenvalue weighted by Crippen LogP contribution is 2.06. The molecule has 2 aromatic rings. The summed E-state index contributed by atoms with van der Waals surface area (Å²) in [5.74, 6) is 0. The van der Waals surface area contributed by atoms with Crippen LogP contribution in [0.5, 0.6) is 0 Å². The summed E-state index contributed by atoms with van der Waals surface area (Å²) in [4.78, 5) is 0. The predicted molar refractivity (Wildman–Crippen MR) is 42.4 cm³/mol. The Morgan fingerprint density at radius 1 is 1.45 bits per heavy atom. The minimum Gasteiger partial charge on any atom is -0.220 e. The third kappa shape index (κ3) is 0.888. The Morgan fingerprint density at radius 3 is 3.18 bits per heavy atom. The first-order valence-electron chi connectivity index (χ1n) is 3.70. The Hall–Kier alpha value is -1.38. The smallest absolute Gasteiger partial charge is 0.0902 e. The van der Waals surface area contributed by atoms with Crippen LogP contribution in [-0.2, 0) is 6.42 Å². The lowest BCUT2D eigenvalue weighted by atomic mass is 10.3. The first kappa shape index (κ1) is 6.34. The zero-order chi connectivity index (χ0) is 7.68. The number of aromatic nitrogens is 3. The number of rotatable bonds is 1. The van der Waals surface area contributed by atoms with Crippen molar-refractivity contribution >= 4 is 5.52 Å². The van der Waals surface area contributed by atoms with Gasteiger partial charge >= 0.3 is 0 Å². The van der Waals surface area contributed by atoms with Gasteiger partial charge in [0.15, 0.2) is 0 Å². The second kappa shape index (κ2) is 2.34. The van der Waals surface area contributed by atoms with Gasteiger partial charge in [-0.1, -0.05) is 18.2 Å². The van der Waals surface area contributed by atoms with Crippen LogP contribution >= 0.6 is 0 Å². The second-order valence-corrected chi connectivity index (χ2v) is 2.42. The lowest BCUT2D eigenvalue weighted by Gasteiger charge is -1.89. The van der Waals surface area contributed by atoms with Crippen LogP contribution in [0.1, 0.15) is 12.6 Å². The van der Waals surface area contributed by atoms with E-state index in [2.05, 4.69) is 17.2 Å². The van der Waals surface area contributed by atoms with Crippen LogP contribution in [0.25, 0.3) is 5.52 Å². The van der Waals surface area contributed by atoms with Crippen molar-refractivity contribution in [2.75, 3.05) is 0 Å². The standard InChI is InChI=1S/C8H9N3/c1-2-7-8-5-3-4-6-11(8)10-9-7/h3-6H,2H2,1H3. The van der Waals surface area contributed by atoms with Gasteiger partial charge in [0, 0.05) is 6.20 Å². The molecule has 0 N–H and O–H groups in total. The maximum absolute atomic E-state index is 4.03. The van der Waals surface area contributed by atoms with Gasteiger partial charge in [-0.15, -0.1) is 5.10 Å². The van der Waals surface area contributed by atoms with Crippen molar-refractivity contribution < 1.29 is 0 Å². The molecule has 0 unspecified atom stereocenters. The van der Waals surface area contributed by atoms with E-state index in [1.165, 1.54) is 0 Å². The molecule has 0 aromatic carbocycles. The van der Waals surface area contributed by atoms with Gasteiger partial charge < -0.3 is 0 Å². The summed E-state index contributed by atoms with van der Waals surface area (Å²) in [6.07, 6.45) is 2.84. The fraction of sp³-hybridized carbons (Fsp3) is 0.250. The number of fused-ring (bicyclic) bond motifs is 1. The van der Waals surface area contributed by atoms with Gasteiger partial charge in [-0.05, 0) is 18.6 Å². The van der Waals surface area contributed by atoms with Gasteiger partial charge in [0.2, 0.25) is 0 Å². The third-order valence-electron chi connectivity index (χ3n) is 1.73. The van der Waals surface area contributed by atoms with Gasteiger partial charge in [0.25, 0.3) is 0 Å². The van der Waals surface area contributed by atoms with E-state index in [0.29, 0.717) is 0 Å². The summed E-state index contributed by atoms with van der Waals surface area (Å²) < 4.78 is 1.79. The van der Waals surface area contributed by atoms with E-state index >= 15 is 0 Å². The number of nitrogens with zero attached hydrogens (tertiary/aromatic N) is 3. The fourth-order valence-electron chi connectivity index (χ4n) is 1.15. The van der Waals surface area contributed by atoms with Crippen LogP contribution in [0.2, 0.25) is 0 Å². The minimum absolute atomic E-state index is 0.938. The van der Waals surface area contributed by atoms with E-state index in [1.807, 2.05) is 24.4 Å². The molecule has 0 aliphatic carbocycles. The van der Waals surface area contributed by atoms with E-state index < -0.39 is 0 Å². The average molecular weight is 147 g/mol. The van der Waals surface area contributed by atoms with E-state index in [1.54, 1.807) is 4.52 Å². The minimum atomic E-state index is 0.938. The van der Waals surface area contributed by atoms with Crippen LogP contribution in [0.4, 0.5) is 0 Å². The third-order valence-corrected chi connectivity index (χ3v) is 1.73. The summed E-state index contributed by atoms with van der Waals surface area (Å²) in [7, 11) is 0. The van der Waals surface area contributed by atoms with Gasteiger partial charge in [-0.2, -0.15) is 0 Å². The van der Waals surface area contributed by atoms with Gasteiger partial charge in [0.1, 0.15) is 0 Å². The lowest BCUT2D eigenvalue weighted by molar-refractivity contribution is 0.841. The predicted octanol–water partition coefficient (Wildman–Crippen LogP) is 1.29. The fourth-order valence-corrected chi connectivity index (χ4v) is 1.15. The van der Waals surface area contributed by atoms with Crippen LogP contribution in [0.15, 0.2) is 24.4 Å². The van der Waals surface area contributed by atoms with Crippen molar-refractivity contribution in [2.24, 2.45) is 0 Å². The summed E-state index contributed by atoms with van der Waals surface area (Å²) in [6, 6.07) is 5.97. The summed E-state index contributed by atoms with van der Waals surface area (Å²) in [5, 5.41) is 7.98. The molecule has 56 valence electrons. The normalized spacial score (nSPS) is 10.6. The number of pyridine rings is 1. The lowest BCUT2D eigenvalue weighted by Crippen LogP contribution is -1.83. The Morgan fingerprint density at radius 2 is 2.36 bits per heavy atom. The Bertz CT molecular complexity index is 364.